The number of carbonyl (C=O) groups excluding carboxylic acids is 1. The van der Waals surface area contributed by atoms with E-state index >= 15 is 0 Å². The summed E-state index contributed by atoms with van der Waals surface area (Å²) < 4.78 is 6.55. The van der Waals surface area contributed by atoms with Gasteiger partial charge in [-0.3, -0.25) is 15.1 Å². The Morgan fingerprint density at radius 2 is 2.15 bits per heavy atom. The van der Waals surface area contributed by atoms with Crippen molar-refractivity contribution in [3.8, 4) is 16.5 Å². The van der Waals surface area contributed by atoms with Crippen molar-refractivity contribution >= 4 is 28.2 Å². The molecule has 0 bridgehead atoms. The quantitative estimate of drug-likeness (QED) is 0.577. The van der Waals surface area contributed by atoms with Crippen LogP contribution in [0.4, 0.5) is 5.13 Å². The lowest BCUT2D eigenvalue weighted by Crippen LogP contribution is -2.14. The lowest BCUT2D eigenvalue weighted by atomic mass is 10.1. The van der Waals surface area contributed by atoms with E-state index in [2.05, 4.69) is 35.6 Å². The van der Waals surface area contributed by atoms with Crippen molar-refractivity contribution in [2.24, 2.45) is 0 Å². The Balaban J connectivity index is 1.77. The Labute approximate surface area is 150 Å². The van der Waals surface area contributed by atoms with E-state index in [0.717, 1.165) is 17.0 Å². The largest absolute Gasteiger partial charge is 0.472 e. The summed E-state index contributed by atoms with van der Waals surface area (Å²) in [6.07, 6.45) is 4.54. The Morgan fingerprint density at radius 1 is 1.27 bits per heavy atom. The van der Waals surface area contributed by atoms with Gasteiger partial charge < -0.3 is 4.74 Å². The maximum absolute atomic E-state index is 12.8. The van der Waals surface area contributed by atoms with E-state index < -0.39 is 0 Å². The van der Waals surface area contributed by atoms with Crippen LogP contribution in [0.15, 0.2) is 30.9 Å². The minimum absolute atomic E-state index is 0.332. The van der Waals surface area contributed by atoms with Crippen LogP contribution in [0, 0.1) is 6.92 Å². The lowest BCUT2D eigenvalue weighted by Gasteiger charge is -2.10. The molecule has 1 amide bonds. The van der Waals surface area contributed by atoms with E-state index in [1.54, 1.807) is 16.8 Å². The van der Waals surface area contributed by atoms with E-state index in [-0.39, 0.29) is 5.91 Å². The highest BCUT2D eigenvalue weighted by molar-refractivity contribution is 7.17. The number of carbonyl (C=O) groups is 1. The zero-order valence-corrected chi connectivity index (χ0v) is 14.6. The minimum Gasteiger partial charge on any atom is -0.472 e. The number of hydrogen-bond acceptors (Lipinski definition) is 9. The second-order valence-electron chi connectivity index (χ2n) is 5.20. The van der Waals surface area contributed by atoms with Crippen LogP contribution in [-0.4, -0.2) is 47.8 Å². The van der Waals surface area contributed by atoms with Crippen molar-refractivity contribution in [2.75, 3.05) is 12.4 Å². The van der Waals surface area contributed by atoms with Crippen LogP contribution in [0.1, 0.15) is 16.1 Å². The van der Waals surface area contributed by atoms with Gasteiger partial charge in [0.15, 0.2) is 0 Å². The van der Waals surface area contributed by atoms with Gasteiger partial charge in [-0.05, 0) is 30.4 Å². The fraction of sp³-hybridized carbons (Fsp3) is 0.133. The molecule has 0 aliphatic rings. The van der Waals surface area contributed by atoms with Crippen LogP contribution in [0.2, 0.25) is 0 Å². The SMILES string of the molecule is COc1nnc(NC(=O)c2cnc(C)cc2-c2ccnc3ncnn23)s1. The van der Waals surface area contributed by atoms with E-state index in [9.17, 15) is 4.79 Å². The molecule has 130 valence electrons. The smallest absolute Gasteiger partial charge is 0.295 e. The summed E-state index contributed by atoms with van der Waals surface area (Å²) in [5.41, 5.74) is 2.47. The lowest BCUT2D eigenvalue weighted by molar-refractivity contribution is 0.102. The zero-order valence-electron chi connectivity index (χ0n) is 13.7. The summed E-state index contributed by atoms with van der Waals surface area (Å²) in [4.78, 5) is 25.2. The van der Waals surface area contributed by atoms with E-state index in [1.807, 2.05) is 13.0 Å². The number of hydrogen-bond donors (Lipinski definition) is 1. The van der Waals surface area contributed by atoms with Crippen molar-refractivity contribution in [1.29, 1.82) is 0 Å². The first-order valence-corrected chi connectivity index (χ1v) is 8.28. The average Bonchev–Trinajstić information content (AvgIpc) is 3.30. The number of aryl methyl sites for hydroxylation is 1. The van der Waals surface area contributed by atoms with Crippen molar-refractivity contribution in [1.82, 2.24) is 34.8 Å². The molecular weight excluding hydrogens is 356 g/mol. The van der Waals surface area contributed by atoms with Gasteiger partial charge in [-0.1, -0.05) is 5.10 Å². The third-order valence-electron chi connectivity index (χ3n) is 3.54. The average molecular weight is 368 g/mol. The van der Waals surface area contributed by atoms with Gasteiger partial charge in [0.2, 0.25) is 5.13 Å². The third kappa shape index (κ3) is 2.84. The summed E-state index contributed by atoms with van der Waals surface area (Å²) in [6, 6.07) is 3.58. The Bertz CT molecular complexity index is 1110. The highest BCUT2D eigenvalue weighted by Crippen LogP contribution is 2.26. The van der Waals surface area contributed by atoms with Crippen LogP contribution in [0.25, 0.3) is 17.0 Å². The van der Waals surface area contributed by atoms with Crippen LogP contribution in [0.5, 0.6) is 5.19 Å². The second kappa shape index (κ2) is 6.44. The normalized spacial score (nSPS) is 10.8. The van der Waals surface area contributed by atoms with E-state index in [0.29, 0.717) is 32.9 Å². The number of anilines is 1. The fourth-order valence-corrected chi connectivity index (χ4v) is 2.96. The molecule has 0 saturated heterocycles. The molecule has 26 heavy (non-hydrogen) atoms. The maximum atomic E-state index is 12.8. The monoisotopic (exact) mass is 368 g/mol. The topological polar surface area (TPSA) is 120 Å². The van der Waals surface area contributed by atoms with Gasteiger partial charge in [0.1, 0.15) is 6.33 Å². The summed E-state index contributed by atoms with van der Waals surface area (Å²) in [6.45, 7) is 1.85. The third-order valence-corrected chi connectivity index (χ3v) is 4.34. The molecule has 0 aromatic carbocycles. The number of ether oxygens (including phenoxy) is 1. The fourth-order valence-electron chi connectivity index (χ4n) is 2.40. The predicted octanol–water partition coefficient (Wildman–Crippen LogP) is 1.61. The molecule has 4 aromatic rings. The summed E-state index contributed by atoms with van der Waals surface area (Å²) in [5, 5.41) is 15.2. The van der Waals surface area contributed by atoms with Crippen LogP contribution >= 0.6 is 11.3 Å². The van der Waals surface area contributed by atoms with Crippen molar-refractivity contribution < 1.29 is 9.53 Å². The predicted molar refractivity (Wildman–Crippen MR) is 93.2 cm³/mol. The van der Waals surface area contributed by atoms with Crippen molar-refractivity contribution in [3.63, 3.8) is 0 Å². The first-order chi connectivity index (χ1) is 12.7. The Morgan fingerprint density at radius 3 is 2.96 bits per heavy atom. The summed E-state index contributed by atoms with van der Waals surface area (Å²) >= 11 is 1.13. The van der Waals surface area contributed by atoms with Crippen molar-refractivity contribution in [2.45, 2.75) is 6.92 Å². The van der Waals surface area contributed by atoms with Crippen molar-refractivity contribution in [3.05, 3.63) is 42.1 Å². The number of nitrogens with zero attached hydrogens (tertiary/aromatic N) is 7. The molecule has 4 aromatic heterocycles. The number of pyridine rings is 1. The molecule has 0 saturated carbocycles. The maximum Gasteiger partial charge on any atom is 0.295 e. The van der Waals surface area contributed by atoms with Gasteiger partial charge in [-0.15, -0.1) is 5.10 Å². The highest BCUT2D eigenvalue weighted by atomic mass is 32.1. The molecule has 0 aliphatic heterocycles. The van der Waals surface area contributed by atoms with Crippen LogP contribution in [0.3, 0.4) is 0 Å². The molecule has 0 fully saturated rings. The molecule has 11 heteroatoms. The van der Waals surface area contributed by atoms with Gasteiger partial charge in [-0.25, -0.2) is 4.98 Å². The molecule has 1 N–H and O–H groups in total. The molecule has 0 radical (unpaired) electrons. The standard InChI is InChI=1S/C15H12N8O2S/c1-8-5-9(11-3-4-16-13-18-7-19-23(11)13)10(6-17-8)12(24)20-14-21-22-15(25-2)26-14/h3-7H,1-2H3,(H,20,21,24). The Kier molecular flexibility index (Phi) is 3.97. The molecule has 0 aliphatic carbocycles. The molecule has 4 rings (SSSR count). The minimum atomic E-state index is -0.364. The van der Waals surface area contributed by atoms with Crippen LogP contribution in [-0.2, 0) is 0 Å². The number of nitrogens with one attached hydrogen (secondary N) is 1. The van der Waals surface area contributed by atoms with Gasteiger partial charge >= 0.3 is 0 Å². The second-order valence-corrected chi connectivity index (χ2v) is 6.14. The molecule has 0 spiro atoms. The van der Waals surface area contributed by atoms with Gasteiger partial charge in [0.25, 0.3) is 16.9 Å². The highest BCUT2D eigenvalue weighted by Gasteiger charge is 2.18. The summed E-state index contributed by atoms with van der Waals surface area (Å²) in [7, 11) is 1.49. The Hall–Kier alpha value is -3.47. The molecular formula is C15H12N8O2S. The first kappa shape index (κ1) is 16.0. The first-order valence-electron chi connectivity index (χ1n) is 7.46. The van der Waals surface area contributed by atoms with Gasteiger partial charge in [0.05, 0.1) is 18.4 Å². The molecule has 10 nitrogen and oxygen atoms in total. The number of amides is 1. The van der Waals surface area contributed by atoms with Gasteiger partial charge in [-0.2, -0.15) is 14.6 Å². The zero-order chi connectivity index (χ0) is 18.1. The number of fused-ring (bicyclic) bond motifs is 1. The van der Waals surface area contributed by atoms with E-state index in [1.165, 1.54) is 19.6 Å². The molecule has 0 unspecified atom stereocenters. The molecule has 0 atom stereocenters. The van der Waals surface area contributed by atoms with Gasteiger partial charge in [0, 0.05) is 23.7 Å². The summed E-state index contributed by atoms with van der Waals surface area (Å²) in [5.74, 6) is 0.0774. The number of methoxy groups -OCH3 is 1. The number of rotatable bonds is 4. The van der Waals surface area contributed by atoms with Crippen LogP contribution < -0.4 is 10.1 Å². The number of aromatic nitrogens is 7. The van der Waals surface area contributed by atoms with E-state index in [4.69, 9.17) is 4.74 Å². The molecule has 4 heterocycles.